The number of amides is 2. The van der Waals surface area contributed by atoms with Gasteiger partial charge in [-0.15, -0.1) is 11.6 Å². The molecule has 2 N–H and O–H groups in total. The van der Waals surface area contributed by atoms with Gasteiger partial charge in [0.1, 0.15) is 18.1 Å². The van der Waals surface area contributed by atoms with Crippen LogP contribution in [0.4, 0.5) is 11.6 Å². The summed E-state index contributed by atoms with van der Waals surface area (Å²) in [6.45, 7) is 0. The predicted octanol–water partition coefficient (Wildman–Crippen LogP) is 3.34. The van der Waals surface area contributed by atoms with E-state index in [1.807, 2.05) is 30.3 Å². The van der Waals surface area contributed by atoms with Crippen LogP contribution in [0.1, 0.15) is 12.0 Å². The van der Waals surface area contributed by atoms with E-state index in [0.717, 1.165) is 16.5 Å². The van der Waals surface area contributed by atoms with Crippen molar-refractivity contribution in [3.05, 3.63) is 60.3 Å². The zero-order valence-electron chi connectivity index (χ0n) is 13.2. The molecule has 0 spiro atoms. The van der Waals surface area contributed by atoms with Crippen LogP contribution >= 0.6 is 11.6 Å². The second-order valence-corrected chi connectivity index (χ2v) is 5.61. The highest BCUT2D eigenvalue weighted by molar-refractivity contribution is 6.17. The SMILES string of the molecule is O=C(CC(=O)Nc1ccc2ccccc2n1)Nc1cc(CCl)ccn1. The van der Waals surface area contributed by atoms with E-state index < -0.39 is 11.8 Å². The Morgan fingerprint density at radius 1 is 0.960 bits per heavy atom. The number of carbonyl (C=O) groups excluding carboxylic acids is 2. The molecule has 0 atom stereocenters. The van der Waals surface area contributed by atoms with Gasteiger partial charge in [-0.1, -0.05) is 18.2 Å². The van der Waals surface area contributed by atoms with E-state index in [4.69, 9.17) is 11.6 Å². The topological polar surface area (TPSA) is 84.0 Å². The number of halogens is 1. The van der Waals surface area contributed by atoms with Crippen molar-refractivity contribution in [2.24, 2.45) is 0 Å². The Balaban J connectivity index is 1.60. The number of benzene rings is 1. The minimum Gasteiger partial charge on any atom is -0.310 e. The van der Waals surface area contributed by atoms with Gasteiger partial charge < -0.3 is 10.6 Å². The number of hydrogen-bond acceptors (Lipinski definition) is 4. The number of fused-ring (bicyclic) bond motifs is 1. The van der Waals surface area contributed by atoms with Gasteiger partial charge in [0.2, 0.25) is 11.8 Å². The third-order valence-corrected chi connectivity index (χ3v) is 3.74. The fraction of sp³-hybridized carbons (Fsp3) is 0.111. The molecule has 0 bridgehead atoms. The molecule has 3 aromatic rings. The summed E-state index contributed by atoms with van der Waals surface area (Å²) in [5, 5.41) is 6.17. The van der Waals surface area contributed by atoms with Crippen molar-refractivity contribution >= 4 is 46.0 Å². The molecule has 0 aliphatic rings. The third-order valence-electron chi connectivity index (χ3n) is 3.43. The van der Waals surface area contributed by atoms with E-state index in [-0.39, 0.29) is 6.42 Å². The number of carbonyl (C=O) groups is 2. The Kier molecular flexibility index (Phi) is 5.20. The van der Waals surface area contributed by atoms with E-state index in [2.05, 4.69) is 20.6 Å². The first kappa shape index (κ1) is 16.9. The van der Waals surface area contributed by atoms with E-state index in [9.17, 15) is 9.59 Å². The lowest BCUT2D eigenvalue weighted by molar-refractivity contribution is -0.123. The lowest BCUT2D eigenvalue weighted by atomic mass is 10.2. The molecule has 126 valence electrons. The van der Waals surface area contributed by atoms with Crippen LogP contribution in [0.2, 0.25) is 0 Å². The van der Waals surface area contributed by atoms with Gasteiger partial charge in [-0.2, -0.15) is 0 Å². The van der Waals surface area contributed by atoms with Crippen molar-refractivity contribution in [2.45, 2.75) is 12.3 Å². The van der Waals surface area contributed by atoms with Crippen LogP contribution < -0.4 is 10.6 Å². The van der Waals surface area contributed by atoms with Crippen molar-refractivity contribution in [1.82, 2.24) is 9.97 Å². The number of anilines is 2. The van der Waals surface area contributed by atoms with Crippen molar-refractivity contribution < 1.29 is 9.59 Å². The van der Waals surface area contributed by atoms with Crippen LogP contribution in [-0.4, -0.2) is 21.8 Å². The van der Waals surface area contributed by atoms with Gasteiger partial charge in [0, 0.05) is 17.5 Å². The number of para-hydroxylation sites is 1. The average Bonchev–Trinajstić information content (AvgIpc) is 2.61. The molecule has 0 saturated heterocycles. The Hall–Kier alpha value is -2.99. The Labute approximate surface area is 149 Å². The van der Waals surface area contributed by atoms with Gasteiger partial charge in [0.05, 0.1) is 5.52 Å². The highest BCUT2D eigenvalue weighted by Gasteiger charge is 2.11. The summed E-state index contributed by atoms with van der Waals surface area (Å²) in [5.74, 6) is 0.171. The van der Waals surface area contributed by atoms with Crippen LogP contribution in [-0.2, 0) is 15.5 Å². The zero-order chi connectivity index (χ0) is 17.6. The molecule has 6 nitrogen and oxygen atoms in total. The normalized spacial score (nSPS) is 10.4. The number of alkyl halides is 1. The number of pyridine rings is 2. The van der Waals surface area contributed by atoms with Gasteiger partial charge >= 0.3 is 0 Å². The molecule has 1 aromatic carbocycles. The molecular formula is C18H15ClN4O2. The van der Waals surface area contributed by atoms with Gasteiger partial charge in [0.15, 0.2) is 0 Å². The fourth-order valence-corrected chi connectivity index (χ4v) is 2.45. The van der Waals surface area contributed by atoms with Crippen LogP contribution in [0.5, 0.6) is 0 Å². The molecule has 2 aromatic heterocycles. The van der Waals surface area contributed by atoms with Crippen molar-refractivity contribution in [3.63, 3.8) is 0 Å². The maximum Gasteiger partial charge on any atom is 0.234 e. The van der Waals surface area contributed by atoms with Crippen molar-refractivity contribution in [1.29, 1.82) is 0 Å². The summed E-state index contributed by atoms with van der Waals surface area (Å²) >= 11 is 5.74. The Morgan fingerprint density at radius 2 is 1.72 bits per heavy atom. The summed E-state index contributed by atoms with van der Waals surface area (Å²) in [4.78, 5) is 32.3. The number of aromatic nitrogens is 2. The van der Waals surface area contributed by atoms with Crippen LogP contribution in [0.25, 0.3) is 10.9 Å². The summed E-state index contributed by atoms with van der Waals surface area (Å²) in [5.41, 5.74) is 1.60. The van der Waals surface area contributed by atoms with Gasteiger partial charge in [0.25, 0.3) is 0 Å². The molecule has 0 aliphatic heterocycles. The molecule has 2 amide bonds. The smallest absolute Gasteiger partial charge is 0.234 e. The molecule has 0 fully saturated rings. The van der Waals surface area contributed by atoms with Crippen LogP contribution in [0, 0.1) is 0 Å². The average molecular weight is 355 g/mol. The van der Waals surface area contributed by atoms with E-state index in [0.29, 0.717) is 17.5 Å². The molecule has 25 heavy (non-hydrogen) atoms. The van der Waals surface area contributed by atoms with Crippen molar-refractivity contribution in [2.75, 3.05) is 10.6 Å². The highest BCUT2D eigenvalue weighted by atomic mass is 35.5. The number of nitrogens with one attached hydrogen (secondary N) is 2. The molecule has 7 heteroatoms. The monoisotopic (exact) mass is 354 g/mol. The number of rotatable bonds is 5. The maximum atomic E-state index is 12.0. The third kappa shape index (κ3) is 4.51. The molecule has 3 rings (SSSR count). The number of nitrogens with zero attached hydrogens (tertiary/aromatic N) is 2. The highest BCUT2D eigenvalue weighted by Crippen LogP contribution is 2.15. The molecular weight excluding hydrogens is 340 g/mol. The molecule has 0 unspecified atom stereocenters. The van der Waals surface area contributed by atoms with Crippen molar-refractivity contribution in [3.8, 4) is 0 Å². The quantitative estimate of drug-likeness (QED) is 0.543. The lowest BCUT2D eigenvalue weighted by Crippen LogP contribution is -2.22. The molecule has 0 radical (unpaired) electrons. The second-order valence-electron chi connectivity index (χ2n) is 5.35. The van der Waals surface area contributed by atoms with Crippen LogP contribution in [0.15, 0.2) is 54.7 Å². The Bertz CT molecular complexity index is 930. The summed E-state index contributed by atoms with van der Waals surface area (Å²) in [6.07, 6.45) is 1.22. The standard InChI is InChI=1S/C18H15ClN4O2/c19-11-12-7-8-20-16(9-12)23-18(25)10-17(24)22-15-6-5-13-3-1-2-4-14(13)21-15/h1-9H,10-11H2,(H,20,23,25)(H,21,22,24). The minimum atomic E-state index is -0.461. The molecule has 0 aliphatic carbocycles. The van der Waals surface area contributed by atoms with Gasteiger partial charge in [-0.3, -0.25) is 9.59 Å². The summed E-state index contributed by atoms with van der Waals surface area (Å²) < 4.78 is 0. The van der Waals surface area contributed by atoms with E-state index >= 15 is 0 Å². The van der Waals surface area contributed by atoms with E-state index in [1.54, 1.807) is 24.4 Å². The number of hydrogen-bond donors (Lipinski definition) is 2. The van der Waals surface area contributed by atoms with Gasteiger partial charge in [-0.05, 0) is 35.9 Å². The fourth-order valence-electron chi connectivity index (χ4n) is 2.28. The zero-order valence-corrected chi connectivity index (χ0v) is 14.0. The molecule has 2 heterocycles. The lowest BCUT2D eigenvalue weighted by Gasteiger charge is -2.07. The minimum absolute atomic E-state index is 0.319. The van der Waals surface area contributed by atoms with Gasteiger partial charge in [-0.25, -0.2) is 9.97 Å². The first-order chi connectivity index (χ1) is 12.1. The first-order valence-electron chi connectivity index (χ1n) is 7.60. The maximum absolute atomic E-state index is 12.0. The summed E-state index contributed by atoms with van der Waals surface area (Å²) in [6, 6.07) is 14.5. The largest absolute Gasteiger partial charge is 0.310 e. The van der Waals surface area contributed by atoms with Crippen LogP contribution in [0.3, 0.4) is 0 Å². The predicted molar refractivity (Wildman–Crippen MR) is 97.4 cm³/mol. The second kappa shape index (κ2) is 7.72. The Morgan fingerprint density at radius 3 is 2.52 bits per heavy atom. The first-order valence-corrected chi connectivity index (χ1v) is 8.14. The molecule has 0 saturated carbocycles. The summed E-state index contributed by atoms with van der Waals surface area (Å²) in [7, 11) is 0. The van der Waals surface area contributed by atoms with E-state index in [1.165, 1.54) is 0 Å².